The fourth-order valence-corrected chi connectivity index (χ4v) is 3.37. The molecule has 0 aliphatic rings. The number of nitrogens with zero attached hydrogens (tertiary/aromatic N) is 2. The molecule has 0 saturated carbocycles. The van der Waals surface area contributed by atoms with E-state index in [1.165, 1.54) is 17.6 Å². The van der Waals surface area contributed by atoms with Crippen molar-refractivity contribution in [1.29, 1.82) is 5.26 Å². The molecule has 142 valence electrons. The van der Waals surface area contributed by atoms with E-state index in [1.54, 1.807) is 0 Å². The van der Waals surface area contributed by atoms with Crippen molar-refractivity contribution in [2.75, 3.05) is 10.6 Å². The monoisotopic (exact) mass is 395 g/mol. The molecule has 1 aromatic heterocycles. The molecular weight excluding hydrogens is 377 g/mol. The minimum Gasteiger partial charge on any atom is -0.371 e. The summed E-state index contributed by atoms with van der Waals surface area (Å²) in [5, 5.41) is 16.0. The van der Waals surface area contributed by atoms with E-state index in [9.17, 15) is 14.4 Å². The first-order valence-corrected chi connectivity index (χ1v) is 9.27. The molecule has 0 radical (unpaired) electrons. The molecule has 6 nitrogen and oxygen atoms in total. The zero-order valence-electron chi connectivity index (χ0n) is 15.1. The van der Waals surface area contributed by atoms with Crippen LogP contribution in [0.1, 0.15) is 16.8 Å². The number of nitrogens with two attached hydrogens (primary N) is 1. The molecule has 1 amide bonds. The molecule has 0 aliphatic carbocycles. The van der Waals surface area contributed by atoms with Gasteiger partial charge in [0.2, 0.25) is 5.91 Å². The molecule has 4 N–H and O–H groups in total. The first-order valence-electron chi connectivity index (χ1n) is 8.50. The van der Waals surface area contributed by atoms with Gasteiger partial charge in [-0.15, -0.1) is 0 Å². The first kappa shape index (κ1) is 19.3. The highest BCUT2D eigenvalue weighted by Crippen LogP contribution is 2.29. The van der Waals surface area contributed by atoms with Gasteiger partial charge in [0.05, 0.1) is 22.6 Å². The molecule has 3 aromatic rings. The molecule has 0 spiro atoms. The van der Waals surface area contributed by atoms with Gasteiger partial charge in [0, 0.05) is 6.42 Å². The molecule has 0 bridgehead atoms. The second-order valence-corrected chi connectivity index (χ2v) is 7.04. The Bertz CT molecular complexity index is 1030. The second-order valence-electron chi connectivity index (χ2n) is 6.24. The Morgan fingerprint density at radius 2 is 2.04 bits per heavy atom. The van der Waals surface area contributed by atoms with Crippen LogP contribution in [0.25, 0.3) is 0 Å². The summed E-state index contributed by atoms with van der Waals surface area (Å²) in [6, 6.07) is 14.9. The summed E-state index contributed by atoms with van der Waals surface area (Å²) in [6.45, 7) is 1.85. The van der Waals surface area contributed by atoms with Crippen molar-refractivity contribution in [1.82, 2.24) is 4.37 Å². The van der Waals surface area contributed by atoms with Gasteiger partial charge in [-0.2, -0.15) is 9.64 Å². The molecule has 0 aliphatic heterocycles. The molecule has 0 fully saturated rings. The minimum absolute atomic E-state index is 0.0856. The number of carbonyl (C=O) groups excluding carboxylic acids is 1. The molecule has 0 unspecified atom stereocenters. The third-order valence-electron chi connectivity index (χ3n) is 4.07. The molecule has 2 aromatic carbocycles. The van der Waals surface area contributed by atoms with Gasteiger partial charge in [0.1, 0.15) is 22.9 Å². The average molecular weight is 395 g/mol. The number of anilines is 3. The Kier molecular flexibility index (Phi) is 5.87. The van der Waals surface area contributed by atoms with Gasteiger partial charge >= 0.3 is 0 Å². The molecule has 8 heteroatoms. The van der Waals surface area contributed by atoms with Crippen molar-refractivity contribution < 1.29 is 9.18 Å². The molecule has 28 heavy (non-hydrogen) atoms. The molecule has 1 atom stereocenters. The van der Waals surface area contributed by atoms with Crippen LogP contribution in [-0.2, 0) is 11.2 Å². The maximum Gasteiger partial charge on any atom is 0.240 e. The number of aryl methyl sites for hydroxylation is 1. The number of benzene rings is 2. The topological polar surface area (TPSA) is 104 Å². The zero-order chi connectivity index (χ0) is 20.1. The Morgan fingerprint density at radius 3 is 2.64 bits per heavy atom. The third-order valence-corrected chi connectivity index (χ3v) is 4.87. The van der Waals surface area contributed by atoms with Gasteiger partial charge in [-0.25, -0.2) is 4.39 Å². The predicted octanol–water partition coefficient (Wildman–Crippen LogP) is 3.71. The van der Waals surface area contributed by atoms with E-state index in [-0.39, 0.29) is 11.3 Å². The predicted molar refractivity (Wildman–Crippen MR) is 108 cm³/mol. The highest BCUT2D eigenvalue weighted by Gasteiger charge is 2.19. The van der Waals surface area contributed by atoms with Crippen LogP contribution in [0.4, 0.5) is 20.8 Å². The van der Waals surface area contributed by atoms with Gasteiger partial charge in [-0.05, 0) is 42.2 Å². The fourth-order valence-electron chi connectivity index (χ4n) is 2.70. The summed E-state index contributed by atoms with van der Waals surface area (Å²) in [5.74, 6) is -1.23. The van der Waals surface area contributed by atoms with Crippen LogP contribution >= 0.6 is 11.5 Å². The number of carbonyl (C=O) groups is 1. The second kappa shape index (κ2) is 8.50. The van der Waals surface area contributed by atoms with Crippen molar-refractivity contribution in [3.8, 4) is 6.07 Å². The van der Waals surface area contributed by atoms with Crippen molar-refractivity contribution in [3.63, 3.8) is 0 Å². The first-order chi connectivity index (χ1) is 13.5. The van der Waals surface area contributed by atoms with Gasteiger partial charge in [-0.3, -0.25) is 4.79 Å². The quantitative estimate of drug-likeness (QED) is 0.566. The number of hydrogen-bond acceptors (Lipinski definition) is 6. The minimum atomic E-state index is -0.802. The molecule has 0 saturated heterocycles. The maximum absolute atomic E-state index is 14.5. The van der Waals surface area contributed by atoms with Crippen molar-refractivity contribution in [2.24, 2.45) is 5.73 Å². The number of hydrogen-bond donors (Lipinski definition) is 3. The standard InChI is InChI=1S/C20H18FN5OS/c1-12-7-19(28-26-12)25-16-10-17(15(21)9-14(16)11-22)24-18(20(23)27)8-13-5-3-2-4-6-13/h2-7,9-10,18,24-25H,8H2,1H3,(H2,23,27)/t18-/m1/s1. The number of primary amides is 1. The molecular formula is C20H18FN5OS. The van der Waals surface area contributed by atoms with Gasteiger partial charge in [0.25, 0.3) is 0 Å². The Morgan fingerprint density at radius 1 is 1.29 bits per heavy atom. The van der Waals surface area contributed by atoms with Crippen LogP contribution in [0.5, 0.6) is 0 Å². The summed E-state index contributed by atoms with van der Waals surface area (Å²) in [4.78, 5) is 11.9. The van der Waals surface area contributed by atoms with Crippen LogP contribution in [0.15, 0.2) is 48.5 Å². The smallest absolute Gasteiger partial charge is 0.240 e. The Labute approximate surface area is 166 Å². The van der Waals surface area contributed by atoms with Gasteiger partial charge in [0.15, 0.2) is 0 Å². The van der Waals surface area contributed by atoms with E-state index >= 15 is 0 Å². The van der Waals surface area contributed by atoms with E-state index in [2.05, 4.69) is 15.0 Å². The van der Waals surface area contributed by atoms with Crippen LogP contribution in [0.2, 0.25) is 0 Å². The van der Waals surface area contributed by atoms with Crippen molar-refractivity contribution >= 4 is 33.8 Å². The van der Waals surface area contributed by atoms with E-state index < -0.39 is 17.8 Å². The van der Waals surface area contributed by atoms with E-state index in [4.69, 9.17) is 5.73 Å². The molecule has 1 heterocycles. The summed E-state index contributed by atoms with van der Waals surface area (Å²) in [6.07, 6.45) is 0.312. The normalized spacial score (nSPS) is 11.5. The largest absolute Gasteiger partial charge is 0.371 e. The number of aromatic nitrogens is 1. The van der Waals surface area contributed by atoms with Crippen LogP contribution in [-0.4, -0.2) is 16.3 Å². The Balaban J connectivity index is 1.88. The van der Waals surface area contributed by atoms with Crippen LogP contribution in [0.3, 0.4) is 0 Å². The maximum atomic E-state index is 14.5. The summed E-state index contributed by atoms with van der Waals surface area (Å²) in [7, 11) is 0. The van der Waals surface area contributed by atoms with Crippen molar-refractivity contribution in [2.45, 2.75) is 19.4 Å². The van der Waals surface area contributed by atoms with Crippen LogP contribution < -0.4 is 16.4 Å². The summed E-state index contributed by atoms with van der Waals surface area (Å²) >= 11 is 1.24. The number of rotatable bonds is 7. The highest BCUT2D eigenvalue weighted by atomic mass is 32.1. The van der Waals surface area contributed by atoms with E-state index in [1.807, 2.05) is 49.4 Å². The van der Waals surface area contributed by atoms with Gasteiger partial charge < -0.3 is 16.4 Å². The average Bonchev–Trinajstić information content (AvgIpc) is 3.09. The lowest BCUT2D eigenvalue weighted by Crippen LogP contribution is -2.37. The number of nitrogens with one attached hydrogen (secondary N) is 2. The molecule has 3 rings (SSSR count). The Hall–Kier alpha value is -3.44. The lowest BCUT2D eigenvalue weighted by Gasteiger charge is -2.18. The van der Waals surface area contributed by atoms with Gasteiger partial charge in [-0.1, -0.05) is 30.3 Å². The lowest BCUT2D eigenvalue weighted by molar-refractivity contribution is -0.118. The number of halogens is 1. The van der Waals surface area contributed by atoms with E-state index in [0.717, 1.165) is 22.3 Å². The fraction of sp³-hybridized carbons (Fsp3) is 0.150. The highest BCUT2D eigenvalue weighted by molar-refractivity contribution is 7.10. The number of amides is 1. The third kappa shape index (κ3) is 4.64. The SMILES string of the molecule is Cc1cc(Nc2cc(N[C@H](Cc3ccccc3)C(N)=O)c(F)cc2C#N)sn1. The van der Waals surface area contributed by atoms with Crippen LogP contribution in [0, 0.1) is 24.1 Å². The summed E-state index contributed by atoms with van der Waals surface area (Å²) < 4.78 is 18.7. The van der Waals surface area contributed by atoms with Crippen molar-refractivity contribution in [3.05, 3.63) is 71.2 Å². The zero-order valence-corrected chi connectivity index (χ0v) is 15.9. The number of nitriles is 1. The lowest BCUT2D eigenvalue weighted by atomic mass is 10.0. The van der Waals surface area contributed by atoms with E-state index in [0.29, 0.717) is 12.1 Å². The summed E-state index contributed by atoms with van der Waals surface area (Å²) in [5.41, 5.74) is 7.88.